The van der Waals surface area contributed by atoms with E-state index in [2.05, 4.69) is 0 Å². The molecule has 0 spiro atoms. The van der Waals surface area contributed by atoms with E-state index in [9.17, 15) is 9.59 Å². The SMILES string of the molecule is CCC(=O)c1ccc2c(c1)OC(C)(C)C(=O)N2C. The van der Waals surface area contributed by atoms with Crippen LogP contribution in [0.1, 0.15) is 37.6 Å². The van der Waals surface area contributed by atoms with Gasteiger partial charge in [0.1, 0.15) is 5.75 Å². The summed E-state index contributed by atoms with van der Waals surface area (Å²) in [5.41, 5.74) is 0.428. The molecule has 0 fully saturated rings. The van der Waals surface area contributed by atoms with E-state index in [1.54, 1.807) is 44.0 Å². The maximum Gasteiger partial charge on any atom is 0.270 e. The van der Waals surface area contributed by atoms with E-state index in [1.807, 2.05) is 6.92 Å². The van der Waals surface area contributed by atoms with Crippen molar-refractivity contribution in [2.75, 3.05) is 11.9 Å². The van der Waals surface area contributed by atoms with E-state index in [4.69, 9.17) is 4.74 Å². The smallest absolute Gasteiger partial charge is 0.270 e. The van der Waals surface area contributed by atoms with Crippen molar-refractivity contribution in [3.8, 4) is 5.75 Å². The molecular formula is C14H17NO3. The molecule has 4 nitrogen and oxygen atoms in total. The number of carbonyl (C=O) groups excluding carboxylic acids is 2. The third-order valence-corrected chi connectivity index (χ3v) is 3.15. The molecule has 0 radical (unpaired) electrons. The van der Waals surface area contributed by atoms with Gasteiger partial charge in [-0.3, -0.25) is 9.59 Å². The molecule has 0 saturated heterocycles. The van der Waals surface area contributed by atoms with Crippen LogP contribution in [0, 0.1) is 0 Å². The van der Waals surface area contributed by atoms with Gasteiger partial charge in [-0.15, -0.1) is 0 Å². The van der Waals surface area contributed by atoms with Gasteiger partial charge in [0.05, 0.1) is 5.69 Å². The van der Waals surface area contributed by atoms with Crippen molar-refractivity contribution in [1.82, 2.24) is 0 Å². The predicted octanol–water partition coefficient (Wildman–Crippen LogP) is 2.41. The molecule has 96 valence electrons. The molecule has 4 heteroatoms. The molecule has 0 bridgehead atoms. The Labute approximate surface area is 107 Å². The van der Waals surface area contributed by atoms with Gasteiger partial charge in [-0.2, -0.15) is 0 Å². The first-order valence-electron chi connectivity index (χ1n) is 6.01. The van der Waals surface area contributed by atoms with Crippen LogP contribution in [-0.4, -0.2) is 24.3 Å². The Morgan fingerprint density at radius 1 is 1.39 bits per heavy atom. The summed E-state index contributed by atoms with van der Waals surface area (Å²) in [5.74, 6) is 0.560. The van der Waals surface area contributed by atoms with Crippen LogP contribution < -0.4 is 9.64 Å². The van der Waals surface area contributed by atoms with E-state index in [0.717, 1.165) is 0 Å². The minimum atomic E-state index is -0.893. The van der Waals surface area contributed by atoms with Crippen LogP contribution in [0.2, 0.25) is 0 Å². The van der Waals surface area contributed by atoms with Crippen molar-refractivity contribution < 1.29 is 14.3 Å². The standard InChI is InChI=1S/C14H17NO3/c1-5-11(16)9-6-7-10-12(8-9)18-14(2,3)13(17)15(10)4/h6-8H,5H2,1-4H3. The first kappa shape index (κ1) is 12.6. The maximum atomic E-state index is 12.0. The Morgan fingerprint density at radius 2 is 2.06 bits per heavy atom. The van der Waals surface area contributed by atoms with Crippen molar-refractivity contribution in [3.63, 3.8) is 0 Å². The van der Waals surface area contributed by atoms with Crippen LogP contribution >= 0.6 is 0 Å². The molecule has 18 heavy (non-hydrogen) atoms. The second-order valence-corrected chi connectivity index (χ2v) is 4.94. The highest BCUT2D eigenvalue weighted by molar-refractivity contribution is 6.03. The monoisotopic (exact) mass is 247 g/mol. The normalized spacial score (nSPS) is 17.1. The second kappa shape index (κ2) is 4.12. The number of fused-ring (bicyclic) bond motifs is 1. The number of hydrogen-bond donors (Lipinski definition) is 0. The molecule has 1 aromatic rings. The van der Waals surface area contributed by atoms with Gasteiger partial charge in [0.25, 0.3) is 5.91 Å². The molecule has 0 N–H and O–H groups in total. The first-order chi connectivity index (χ1) is 8.36. The molecule has 1 aliphatic heterocycles. The first-order valence-corrected chi connectivity index (χ1v) is 6.01. The molecular weight excluding hydrogens is 230 g/mol. The van der Waals surface area contributed by atoms with Gasteiger partial charge in [-0.05, 0) is 32.0 Å². The molecule has 2 rings (SSSR count). The van der Waals surface area contributed by atoms with Crippen molar-refractivity contribution in [2.24, 2.45) is 0 Å². The molecule has 0 aliphatic carbocycles. The molecule has 0 aromatic heterocycles. The number of nitrogens with zero attached hydrogens (tertiary/aromatic N) is 1. The van der Waals surface area contributed by atoms with E-state index in [-0.39, 0.29) is 11.7 Å². The van der Waals surface area contributed by atoms with Gasteiger partial charge in [-0.25, -0.2) is 0 Å². The lowest BCUT2D eigenvalue weighted by atomic mass is 10.0. The summed E-state index contributed by atoms with van der Waals surface area (Å²) in [6.45, 7) is 5.27. The lowest BCUT2D eigenvalue weighted by Gasteiger charge is -2.37. The number of rotatable bonds is 2. The Hall–Kier alpha value is -1.84. The Bertz CT molecular complexity index is 520. The summed E-state index contributed by atoms with van der Waals surface area (Å²) in [7, 11) is 1.72. The summed E-state index contributed by atoms with van der Waals surface area (Å²) in [4.78, 5) is 25.3. The highest BCUT2D eigenvalue weighted by Crippen LogP contribution is 2.37. The zero-order valence-electron chi connectivity index (χ0n) is 11.1. The topological polar surface area (TPSA) is 46.6 Å². The summed E-state index contributed by atoms with van der Waals surface area (Å²) < 4.78 is 5.69. The van der Waals surface area contributed by atoms with Crippen LogP contribution in [-0.2, 0) is 4.79 Å². The summed E-state index contributed by atoms with van der Waals surface area (Å²) in [5, 5.41) is 0. The fourth-order valence-electron chi connectivity index (χ4n) is 2.08. The summed E-state index contributed by atoms with van der Waals surface area (Å²) in [6.07, 6.45) is 0.455. The van der Waals surface area contributed by atoms with E-state index in [1.165, 1.54) is 0 Å². The van der Waals surface area contributed by atoms with Gasteiger partial charge < -0.3 is 9.64 Å². The highest BCUT2D eigenvalue weighted by atomic mass is 16.5. The Kier molecular flexibility index (Phi) is 2.89. The molecule has 1 amide bonds. The highest BCUT2D eigenvalue weighted by Gasteiger charge is 2.39. The molecule has 1 heterocycles. The summed E-state index contributed by atoms with van der Waals surface area (Å²) >= 11 is 0. The number of ketones is 1. The molecule has 0 saturated carbocycles. The average molecular weight is 247 g/mol. The van der Waals surface area contributed by atoms with Crippen molar-refractivity contribution in [2.45, 2.75) is 32.8 Å². The molecule has 0 unspecified atom stereocenters. The number of likely N-dealkylation sites (N-methyl/N-ethyl adjacent to an activating group) is 1. The molecule has 0 atom stereocenters. The lowest BCUT2D eigenvalue weighted by molar-refractivity contribution is -0.132. The molecule has 1 aromatic carbocycles. The van der Waals surface area contributed by atoms with Crippen LogP contribution in [0.25, 0.3) is 0 Å². The van der Waals surface area contributed by atoms with Gasteiger partial charge in [0.15, 0.2) is 11.4 Å². The fraction of sp³-hybridized carbons (Fsp3) is 0.429. The number of carbonyl (C=O) groups is 2. The summed E-state index contributed by atoms with van der Waals surface area (Å²) in [6, 6.07) is 5.20. The molecule has 1 aliphatic rings. The number of amides is 1. The maximum absolute atomic E-state index is 12.0. The van der Waals surface area contributed by atoms with Crippen LogP contribution in [0.4, 0.5) is 5.69 Å². The van der Waals surface area contributed by atoms with Crippen molar-refractivity contribution in [3.05, 3.63) is 23.8 Å². The largest absolute Gasteiger partial charge is 0.476 e. The number of hydrogen-bond acceptors (Lipinski definition) is 3. The fourth-order valence-corrected chi connectivity index (χ4v) is 2.08. The lowest BCUT2D eigenvalue weighted by Crippen LogP contribution is -2.50. The third kappa shape index (κ3) is 1.88. The van der Waals surface area contributed by atoms with E-state index < -0.39 is 5.60 Å². The van der Waals surface area contributed by atoms with E-state index >= 15 is 0 Å². The van der Waals surface area contributed by atoms with Crippen LogP contribution in [0.3, 0.4) is 0 Å². The van der Waals surface area contributed by atoms with Crippen LogP contribution in [0.5, 0.6) is 5.75 Å². The van der Waals surface area contributed by atoms with Crippen LogP contribution in [0.15, 0.2) is 18.2 Å². The van der Waals surface area contributed by atoms with E-state index in [0.29, 0.717) is 23.4 Å². The van der Waals surface area contributed by atoms with Gasteiger partial charge in [0.2, 0.25) is 0 Å². The minimum absolute atomic E-state index is 0.0683. The Morgan fingerprint density at radius 3 is 2.67 bits per heavy atom. The minimum Gasteiger partial charge on any atom is -0.476 e. The number of benzene rings is 1. The zero-order valence-corrected chi connectivity index (χ0v) is 11.1. The predicted molar refractivity (Wildman–Crippen MR) is 69.2 cm³/mol. The number of Topliss-reactive ketones (excluding diaryl/α,β-unsaturated/α-hetero) is 1. The third-order valence-electron chi connectivity index (χ3n) is 3.15. The second-order valence-electron chi connectivity index (χ2n) is 4.94. The number of ether oxygens (including phenoxy) is 1. The zero-order chi connectivity index (χ0) is 13.5. The van der Waals surface area contributed by atoms with Gasteiger partial charge >= 0.3 is 0 Å². The van der Waals surface area contributed by atoms with Crippen molar-refractivity contribution >= 4 is 17.4 Å². The number of anilines is 1. The Balaban J connectivity index is 2.49. The average Bonchev–Trinajstić information content (AvgIpc) is 2.34. The van der Waals surface area contributed by atoms with Crippen molar-refractivity contribution in [1.29, 1.82) is 0 Å². The quantitative estimate of drug-likeness (QED) is 0.754. The van der Waals surface area contributed by atoms with Gasteiger partial charge in [-0.1, -0.05) is 6.92 Å². The van der Waals surface area contributed by atoms with Gasteiger partial charge in [0, 0.05) is 19.0 Å².